The fourth-order valence-electron chi connectivity index (χ4n) is 1.67. The highest BCUT2D eigenvalue weighted by molar-refractivity contribution is 7.89. The van der Waals surface area contributed by atoms with Crippen molar-refractivity contribution in [1.29, 1.82) is 0 Å². The van der Waals surface area contributed by atoms with E-state index in [-0.39, 0.29) is 11.6 Å². The molecule has 2 rings (SSSR count). The van der Waals surface area contributed by atoms with Crippen LogP contribution in [-0.4, -0.2) is 24.6 Å². The van der Waals surface area contributed by atoms with Crippen LogP contribution >= 0.6 is 0 Å². The van der Waals surface area contributed by atoms with Crippen LogP contribution in [0.1, 0.15) is 17.3 Å². The first-order valence-corrected chi connectivity index (χ1v) is 7.74. The Bertz CT molecular complexity index is 749. The maximum Gasteiger partial charge on any atom is 0.423 e. The summed E-state index contributed by atoms with van der Waals surface area (Å²) in [4.78, 5) is 7.27. The SMILES string of the molecule is O=S(=O)(NCc1ccc(C(F)C(F)(F)F)cc1)c1cnccn1. The second-order valence-electron chi connectivity index (χ2n) is 4.51. The summed E-state index contributed by atoms with van der Waals surface area (Å²) in [5.74, 6) is 0. The molecule has 0 fully saturated rings. The van der Waals surface area contributed by atoms with Crippen molar-refractivity contribution >= 4 is 10.0 Å². The van der Waals surface area contributed by atoms with Gasteiger partial charge in [0.15, 0.2) is 5.03 Å². The molecular weight excluding hydrogens is 338 g/mol. The van der Waals surface area contributed by atoms with Gasteiger partial charge in [0.2, 0.25) is 6.17 Å². The molecule has 0 amide bonds. The number of benzene rings is 1. The van der Waals surface area contributed by atoms with E-state index in [1.807, 2.05) is 0 Å². The molecule has 0 saturated carbocycles. The van der Waals surface area contributed by atoms with Gasteiger partial charge in [0.25, 0.3) is 10.0 Å². The molecule has 124 valence electrons. The van der Waals surface area contributed by atoms with Gasteiger partial charge < -0.3 is 0 Å². The summed E-state index contributed by atoms with van der Waals surface area (Å²) in [7, 11) is -3.89. The average molecular weight is 349 g/mol. The number of aromatic nitrogens is 2. The van der Waals surface area contributed by atoms with E-state index in [1.165, 1.54) is 24.5 Å². The van der Waals surface area contributed by atoms with Crippen LogP contribution in [-0.2, 0) is 16.6 Å². The minimum absolute atomic E-state index is 0.178. The fraction of sp³-hybridized carbons (Fsp3) is 0.231. The molecule has 1 aromatic carbocycles. The number of sulfonamides is 1. The summed E-state index contributed by atoms with van der Waals surface area (Å²) in [6, 6.07) is 4.36. The molecule has 0 aliphatic heterocycles. The van der Waals surface area contributed by atoms with Crippen molar-refractivity contribution in [3.8, 4) is 0 Å². The quantitative estimate of drug-likeness (QED) is 0.842. The summed E-state index contributed by atoms with van der Waals surface area (Å²) < 4.78 is 75.9. The Kier molecular flexibility index (Phi) is 4.95. The number of hydrogen-bond acceptors (Lipinski definition) is 4. The molecule has 10 heteroatoms. The van der Waals surface area contributed by atoms with Crippen molar-refractivity contribution in [2.75, 3.05) is 0 Å². The summed E-state index contributed by atoms with van der Waals surface area (Å²) in [5.41, 5.74) is -0.173. The number of nitrogens with one attached hydrogen (secondary N) is 1. The second kappa shape index (κ2) is 6.59. The van der Waals surface area contributed by atoms with E-state index in [9.17, 15) is 26.0 Å². The number of halogens is 4. The Balaban J connectivity index is 2.05. The number of nitrogens with zero attached hydrogens (tertiary/aromatic N) is 2. The van der Waals surface area contributed by atoms with E-state index in [0.717, 1.165) is 18.3 Å². The van der Waals surface area contributed by atoms with Gasteiger partial charge in [0.05, 0.1) is 6.20 Å². The van der Waals surface area contributed by atoms with Gasteiger partial charge in [-0.25, -0.2) is 22.5 Å². The van der Waals surface area contributed by atoms with E-state index in [2.05, 4.69) is 14.7 Å². The summed E-state index contributed by atoms with van der Waals surface area (Å²) in [6.07, 6.45) is -4.47. The van der Waals surface area contributed by atoms with Gasteiger partial charge in [-0.2, -0.15) is 13.2 Å². The van der Waals surface area contributed by atoms with Crippen LogP contribution in [0.15, 0.2) is 47.9 Å². The molecule has 1 atom stereocenters. The predicted octanol–water partition coefficient (Wildman–Crippen LogP) is 2.53. The Morgan fingerprint density at radius 2 is 1.78 bits per heavy atom. The van der Waals surface area contributed by atoms with E-state index in [0.29, 0.717) is 5.56 Å². The Morgan fingerprint density at radius 1 is 1.13 bits per heavy atom. The first kappa shape index (κ1) is 17.3. The first-order chi connectivity index (χ1) is 10.7. The molecule has 1 N–H and O–H groups in total. The smallest absolute Gasteiger partial charge is 0.260 e. The normalized spacial score (nSPS) is 13.7. The van der Waals surface area contributed by atoms with Crippen LogP contribution < -0.4 is 4.72 Å². The molecule has 0 radical (unpaired) electrons. The van der Waals surface area contributed by atoms with Crippen molar-refractivity contribution in [2.24, 2.45) is 0 Å². The topological polar surface area (TPSA) is 72.0 Å². The number of hydrogen-bond donors (Lipinski definition) is 1. The molecule has 0 aliphatic carbocycles. The van der Waals surface area contributed by atoms with Crippen molar-refractivity contribution in [3.05, 3.63) is 54.0 Å². The highest BCUT2D eigenvalue weighted by Gasteiger charge is 2.41. The zero-order chi connectivity index (χ0) is 17.1. The molecule has 2 aromatic rings. The zero-order valence-corrected chi connectivity index (χ0v) is 12.3. The number of alkyl halides is 4. The summed E-state index contributed by atoms with van der Waals surface area (Å²) >= 11 is 0. The molecule has 1 aromatic heterocycles. The Labute approximate surface area is 129 Å². The molecule has 23 heavy (non-hydrogen) atoms. The Morgan fingerprint density at radius 3 is 2.30 bits per heavy atom. The summed E-state index contributed by atoms with van der Waals surface area (Å²) in [5, 5.41) is -0.280. The van der Waals surface area contributed by atoms with Gasteiger partial charge in [0.1, 0.15) is 0 Å². The van der Waals surface area contributed by atoms with Crippen molar-refractivity contribution in [3.63, 3.8) is 0 Å². The Hall–Kier alpha value is -2.07. The monoisotopic (exact) mass is 349 g/mol. The van der Waals surface area contributed by atoms with Gasteiger partial charge in [-0.3, -0.25) is 4.98 Å². The van der Waals surface area contributed by atoms with Gasteiger partial charge >= 0.3 is 6.18 Å². The molecule has 0 saturated heterocycles. The van der Waals surface area contributed by atoms with E-state index < -0.39 is 27.9 Å². The summed E-state index contributed by atoms with van der Waals surface area (Å²) in [6.45, 7) is -0.178. The van der Waals surface area contributed by atoms with Gasteiger partial charge in [-0.05, 0) is 11.1 Å². The van der Waals surface area contributed by atoms with E-state index in [4.69, 9.17) is 0 Å². The lowest BCUT2D eigenvalue weighted by molar-refractivity contribution is -0.182. The predicted molar refractivity (Wildman–Crippen MR) is 72.4 cm³/mol. The maximum atomic E-state index is 13.1. The standard InChI is InChI=1S/C13H11F4N3O2S/c14-12(13(15,16)17)10-3-1-9(2-4-10)7-20-23(21,22)11-8-18-5-6-19-11/h1-6,8,12,20H,7H2. The molecule has 0 bridgehead atoms. The van der Waals surface area contributed by atoms with E-state index in [1.54, 1.807) is 0 Å². The lowest BCUT2D eigenvalue weighted by atomic mass is 10.1. The minimum Gasteiger partial charge on any atom is -0.260 e. The average Bonchev–Trinajstić information content (AvgIpc) is 2.53. The maximum absolute atomic E-state index is 13.1. The fourth-order valence-corrected chi connectivity index (χ4v) is 2.57. The van der Waals surface area contributed by atoms with Gasteiger partial charge in [-0.1, -0.05) is 24.3 Å². The van der Waals surface area contributed by atoms with Crippen molar-refractivity contribution < 1.29 is 26.0 Å². The minimum atomic E-state index is -4.98. The highest BCUT2D eigenvalue weighted by atomic mass is 32.2. The van der Waals surface area contributed by atoms with Crippen LogP contribution in [0.3, 0.4) is 0 Å². The van der Waals surface area contributed by atoms with Crippen molar-refractivity contribution in [2.45, 2.75) is 23.9 Å². The number of rotatable bonds is 5. The highest BCUT2D eigenvalue weighted by Crippen LogP contribution is 2.35. The van der Waals surface area contributed by atoms with Gasteiger partial charge in [0, 0.05) is 18.9 Å². The first-order valence-electron chi connectivity index (χ1n) is 6.25. The van der Waals surface area contributed by atoms with Gasteiger partial charge in [-0.15, -0.1) is 0 Å². The van der Waals surface area contributed by atoms with Crippen LogP contribution in [0, 0.1) is 0 Å². The zero-order valence-electron chi connectivity index (χ0n) is 11.5. The largest absolute Gasteiger partial charge is 0.423 e. The van der Waals surface area contributed by atoms with Crippen LogP contribution in [0.2, 0.25) is 0 Å². The molecule has 0 aliphatic rings. The third-order valence-corrected chi connectivity index (χ3v) is 4.13. The van der Waals surface area contributed by atoms with Crippen LogP contribution in [0.5, 0.6) is 0 Å². The molecule has 1 unspecified atom stereocenters. The van der Waals surface area contributed by atoms with E-state index >= 15 is 0 Å². The van der Waals surface area contributed by atoms with Crippen LogP contribution in [0.25, 0.3) is 0 Å². The lowest BCUT2D eigenvalue weighted by Crippen LogP contribution is -2.24. The molecule has 0 spiro atoms. The molecular formula is C13H11F4N3O2S. The third kappa shape index (κ3) is 4.45. The van der Waals surface area contributed by atoms with Crippen LogP contribution in [0.4, 0.5) is 17.6 Å². The third-order valence-electron chi connectivity index (χ3n) is 2.84. The molecule has 1 heterocycles. The second-order valence-corrected chi connectivity index (χ2v) is 6.23. The molecule has 5 nitrogen and oxygen atoms in total. The van der Waals surface area contributed by atoms with Crippen molar-refractivity contribution in [1.82, 2.24) is 14.7 Å². The lowest BCUT2D eigenvalue weighted by Gasteiger charge is -2.13.